The Bertz CT molecular complexity index is 326. The van der Waals surface area contributed by atoms with Gasteiger partial charge in [0.15, 0.2) is 0 Å². The highest BCUT2D eigenvalue weighted by atomic mass is 16.2. The van der Waals surface area contributed by atoms with Crippen molar-refractivity contribution in [2.24, 2.45) is 11.8 Å². The van der Waals surface area contributed by atoms with Gasteiger partial charge in [0, 0.05) is 6.54 Å². The number of piperazine rings is 1. The van der Waals surface area contributed by atoms with Crippen LogP contribution in [0, 0.1) is 11.8 Å². The number of nitrogens with zero attached hydrogens (tertiary/aromatic N) is 1. The van der Waals surface area contributed by atoms with Crippen LogP contribution in [0.15, 0.2) is 0 Å². The monoisotopic (exact) mass is 268 g/mol. The molecule has 0 radical (unpaired) electrons. The standard InChI is InChI=1S/C15H28N2O2/c1-6-10(4)13-15(19)17(9-12(7-2)8-3)11(5)14(18)16-13/h10-13H,6-9H2,1-5H3,(H,16,18). The minimum Gasteiger partial charge on any atom is -0.342 e. The van der Waals surface area contributed by atoms with Gasteiger partial charge >= 0.3 is 0 Å². The fraction of sp³-hybridized carbons (Fsp3) is 0.867. The molecule has 1 fully saturated rings. The maximum absolute atomic E-state index is 12.6. The summed E-state index contributed by atoms with van der Waals surface area (Å²) in [5, 5.41) is 2.88. The van der Waals surface area contributed by atoms with Crippen LogP contribution in [0.5, 0.6) is 0 Å². The van der Waals surface area contributed by atoms with E-state index in [1.165, 1.54) is 0 Å². The minimum atomic E-state index is -0.344. The van der Waals surface area contributed by atoms with E-state index in [1.807, 2.05) is 20.8 Å². The molecule has 3 unspecified atom stereocenters. The topological polar surface area (TPSA) is 49.4 Å². The van der Waals surface area contributed by atoms with E-state index < -0.39 is 0 Å². The van der Waals surface area contributed by atoms with Crippen molar-refractivity contribution < 1.29 is 9.59 Å². The molecule has 1 heterocycles. The van der Waals surface area contributed by atoms with E-state index in [1.54, 1.807) is 4.90 Å². The average molecular weight is 268 g/mol. The minimum absolute atomic E-state index is 0.0177. The van der Waals surface area contributed by atoms with Gasteiger partial charge in [-0.1, -0.05) is 47.0 Å². The molecule has 3 atom stereocenters. The van der Waals surface area contributed by atoms with Crippen LogP contribution in [0.4, 0.5) is 0 Å². The number of hydrogen-bond donors (Lipinski definition) is 1. The van der Waals surface area contributed by atoms with E-state index in [-0.39, 0.29) is 29.8 Å². The van der Waals surface area contributed by atoms with Crippen LogP contribution in [-0.4, -0.2) is 35.3 Å². The second kappa shape index (κ2) is 6.92. The summed E-state index contributed by atoms with van der Waals surface area (Å²) < 4.78 is 0. The van der Waals surface area contributed by atoms with Crippen molar-refractivity contribution in [1.82, 2.24) is 10.2 Å². The Kier molecular flexibility index (Phi) is 5.83. The molecule has 0 bridgehead atoms. The molecule has 0 aromatic heterocycles. The van der Waals surface area contributed by atoms with Gasteiger partial charge < -0.3 is 10.2 Å². The number of carbonyl (C=O) groups is 2. The van der Waals surface area contributed by atoms with E-state index in [2.05, 4.69) is 19.2 Å². The normalized spacial score (nSPS) is 25.7. The first-order valence-corrected chi connectivity index (χ1v) is 7.56. The van der Waals surface area contributed by atoms with Crippen molar-refractivity contribution >= 4 is 11.8 Å². The highest BCUT2D eigenvalue weighted by Crippen LogP contribution is 2.20. The predicted octanol–water partition coefficient (Wildman–Crippen LogP) is 2.18. The Hall–Kier alpha value is -1.06. The summed E-state index contributed by atoms with van der Waals surface area (Å²) in [6.45, 7) is 10.9. The predicted molar refractivity (Wildman–Crippen MR) is 76.6 cm³/mol. The first-order valence-electron chi connectivity index (χ1n) is 7.56. The van der Waals surface area contributed by atoms with Gasteiger partial charge in [-0.05, 0) is 18.8 Å². The van der Waals surface area contributed by atoms with Gasteiger partial charge in [0.05, 0.1) is 0 Å². The maximum Gasteiger partial charge on any atom is 0.246 e. The Morgan fingerprint density at radius 1 is 1.16 bits per heavy atom. The van der Waals surface area contributed by atoms with E-state index in [4.69, 9.17) is 0 Å². The summed E-state index contributed by atoms with van der Waals surface area (Å²) in [6, 6.07) is -0.684. The smallest absolute Gasteiger partial charge is 0.246 e. The maximum atomic E-state index is 12.6. The van der Waals surface area contributed by atoms with Gasteiger partial charge in [-0.15, -0.1) is 0 Å². The molecule has 1 rings (SSSR count). The highest BCUT2D eigenvalue weighted by molar-refractivity contribution is 5.96. The summed E-state index contributed by atoms with van der Waals surface area (Å²) in [7, 11) is 0. The summed E-state index contributed by atoms with van der Waals surface area (Å²) in [5.41, 5.74) is 0. The van der Waals surface area contributed by atoms with Crippen LogP contribution < -0.4 is 5.32 Å². The molecular weight excluding hydrogens is 240 g/mol. The lowest BCUT2D eigenvalue weighted by atomic mass is 9.93. The molecule has 19 heavy (non-hydrogen) atoms. The van der Waals surface area contributed by atoms with Crippen LogP contribution >= 0.6 is 0 Å². The largest absolute Gasteiger partial charge is 0.342 e. The number of nitrogens with one attached hydrogen (secondary N) is 1. The van der Waals surface area contributed by atoms with Crippen molar-refractivity contribution in [1.29, 1.82) is 0 Å². The van der Waals surface area contributed by atoms with E-state index in [0.717, 1.165) is 19.3 Å². The SMILES string of the molecule is CCC(CC)CN1C(=O)C(C(C)CC)NC(=O)C1C. The molecule has 0 aliphatic carbocycles. The molecule has 1 aliphatic rings. The Balaban J connectivity index is 2.86. The summed E-state index contributed by atoms with van der Waals surface area (Å²) in [5.74, 6) is 0.743. The molecule has 1 aliphatic heterocycles. The molecule has 0 aromatic rings. The zero-order valence-corrected chi connectivity index (χ0v) is 12.9. The molecule has 0 spiro atoms. The van der Waals surface area contributed by atoms with E-state index in [9.17, 15) is 9.59 Å². The fourth-order valence-corrected chi connectivity index (χ4v) is 2.54. The zero-order chi connectivity index (χ0) is 14.6. The highest BCUT2D eigenvalue weighted by Gasteiger charge is 2.40. The quantitative estimate of drug-likeness (QED) is 0.802. The summed E-state index contributed by atoms with van der Waals surface area (Å²) in [6.07, 6.45) is 2.98. The van der Waals surface area contributed by atoms with Crippen LogP contribution in [-0.2, 0) is 9.59 Å². The molecule has 110 valence electrons. The molecule has 4 nitrogen and oxygen atoms in total. The lowest BCUT2D eigenvalue weighted by Crippen LogP contribution is -2.64. The van der Waals surface area contributed by atoms with Gasteiger partial charge in [0.1, 0.15) is 12.1 Å². The van der Waals surface area contributed by atoms with Crippen LogP contribution in [0.1, 0.15) is 53.9 Å². The molecule has 1 saturated heterocycles. The van der Waals surface area contributed by atoms with Crippen molar-refractivity contribution in [3.05, 3.63) is 0 Å². The van der Waals surface area contributed by atoms with Gasteiger partial charge in [-0.3, -0.25) is 9.59 Å². The average Bonchev–Trinajstić information content (AvgIpc) is 2.42. The molecule has 0 aromatic carbocycles. The van der Waals surface area contributed by atoms with Crippen molar-refractivity contribution in [2.75, 3.05) is 6.54 Å². The van der Waals surface area contributed by atoms with Gasteiger partial charge in [0.25, 0.3) is 0 Å². The number of rotatable bonds is 6. The lowest BCUT2D eigenvalue weighted by Gasteiger charge is -2.40. The molecular formula is C15H28N2O2. The number of hydrogen-bond acceptors (Lipinski definition) is 2. The van der Waals surface area contributed by atoms with Gasteiger partial charge in [0.2, 0.25) is 11.8 Å². The van der Waals surface area contributed by atoms with Crippen molar-refractivity contribution in [3.63, 3.8) is 0 Å². The van der Waals surface area contributed by atoms with E-state index in [0.29, 0.717) is 12.5 Å². The third kappa shape index (κ3) is 3.48. The second-order valence-corrected chi connectivity index (χ2v) is 5.72. The lowest BCUT2D eigenvalue weighted by molar-refractivity contribution is -0.150. The third-order valence-electron chi connectivity index (χ3n) is 4.52. The van der Waals surface area contributed by atoms with Crippen LogP contribution in [0.3, 0.4) is 0 Å². The summed E-state index contributed by atoms with van der Waals surface area (Å²) in [4.78, 5) is 26.4. The molecule has 2 amide bonds. The van der Waals surface area contributed by atoms with Gasteiger partial charge in [-0.25, -0.2) is 0 Å². The van der Waals surface area contributed by atoms with Crippen molar-refractivity contribution in [2.45, 2.75) is 66.0 Å². The van der Waals surface area contributed by atoms with Gasteiger partial charge in [-0.2, -0.15) is 0 Å². The zero-order valence-electron chi connectivity index (χ0n) is 12.9. The number of amides is 2. The Labute approximate surface area is 116 Å². The molecule has 1 N–H and O–H groups in total. The van der Waals surface area contributed by atoms with Crippen LogP contribution in [0.25, 0.3) is 0 Å². The molecule has 0 saturated carbocycles. The summed E-state index contributed by atoms with van der Waals surface area (Å²) >= 11 is 0. The fourth-order valence-electron chi connectivity index (χ4n) is 2.54. The van der Waals surface area contributed by atoms with Crippen LogP contribution in [0.2, 0.25) is 0 Å². The van der Waals surface area contributed by atoms with E-state index >= 15 is 0 Å². The first kappa shape index (κ1) is 16.0. The first-order chi connectivity index (χ1) is 8.96. The Morgan fingerprint density at radius 3 is 2.21 bits per heavy atom. The second-order valence-electron chi connectivity index (χ2n) is 5.72. The Morgan fingerprint density at radius 2 is 1.74 bits per heavy atom. The third-order valence-corrected chi connectivity index (χ3v) is 4.52. The van der Waals surface area contributed by atoms with Crippen molar-refractivity contribution in [3.8, 4) is 0 Å². The number of carbonyl (C=O) groups excluding carboxylic acids is 2. The molecule has 4 heteroatoms.